The van der Waals surface area contributed by atoms with Gasteiger partial charge in [-0.3, -0.25) is 0 Å². The van der Waals surface area contributed by atoms with Crippen molar-refractivity contribution in [3.8, 4) is 55.6 Å². The number of nitrogens with zero attached hydrogens (tertiary/aromatic N) is 1. The van der Waals surface area contributed by atoms with Crippen molar-refractivity contribution in [1.82, 2.24) is 0 Å². The molecular weight excluding hydrogens is 699 g/mol. The van der Waals surface area contributed by atoms with Crippen LogP contribution in [0.5, 0.6) is 0 Å². The van der Waals surface area contributed by atoms with Crippen LogP contribution in [0.15, 0.2) is 218 Å². The van der Waals surface area contributed by atoms with Crippen LogP contribution < -0.4 is 4.90 Å². The van der Waals surface area contributed by atoms with Crippen molar-refractivity contribution in [1.29, 1.82) is 0 Å². The Bertz CT molecular complexity index is 2790. The van der Waals surface area contributed by atoms with Gasteiger partial charge in [0.15, 0.2) is 0 Å². The van der Waals surface area contributed by atoms with Gasteiger partial charge in [0.1, 0.15) is 0 Å². The summed E-state index contributed by atoms with van der Waals surface area (Å²) in [6, 6.07) is 71.5. The molecule has 0 aromatic heterocycles. The van der Waals surface area contributed by atoms with Crippen LogP contribution in [0.3, 0.4) is 0 Å². The monoisotopic (exact) mass is 743 g/mol. The zero-order valence-corrected chi connectivity index (χ0v) is 33.0. The van der Waals surface area contributed by atoms with Gasteiger partial charge in [-0.05, 0) is 121 Å². The highest BCUT2D eigenvalue weighted by molar-refractivity contribution is 5.98. The number of fused-ring (bicyclic) bond motifs is 3. The van der Waals surface area contributed by atoms with Gasteiger partial charge in [0.05, 0.1) is 0 Å². The SMILES string of the molecule is CC1(C)c2ccccc2-c2c(-c3cc(-c4ccc(N(c5ccc(-c6ccccc6)cc5)c5ccc(C6C=CC=CC6)cc5)cc4)ccc3-c3ccccc3)cccc21. The summed E-state index contributed by atoms with van der Waals surface area (Å²) in [4.78, 5) is 2.37. The number of benzene rings is 8. The Morgan fingerprint density at radius 2 is 0.948 bits per heavy atom. The molecule has 2 aliphatic carbocycles. The van der Waals surface area contributed by atoms with Crippen molar-refractivity contribution in [2.24, 2.45) is 0 Å². The molecule has 1 atom stereocenters. The summed E-state index contributed by atoms with van der Waals surface area (Å²) < 4.78 is 0. The standard InChI is InChI=1S/C57H45N/c1-57(2)54-23-13-12-21-52(54)56-51(22-14-24-55(56)57)53-39-46(31-38-50(53)45-19-10-5-11-20-45)44-29-36-49(37-30-44)58(47-32-25-42(26-33-47)40-15-6-3-7-16-40)48-34-27-43(28-35-48)41-17-8-4-9-18-41/h3-17,19-39,41H,18H2,1-2H3. The second kappa shape index (κ2) is 14.8. The van der Waals surface area contributed by atoms with Crippen LogP contribution in [0.4, 0.5) is 17.1 Å². The van der Waals surface area contributed by atoms with Crippen molar-refractivity contribution in [3.05, 3.63) is 235 Å². The van der Waals surface area contributed by atoms with Gasteiger partial charge in [0, 0.05) is 28.4 Å². The molecule has 0 heterocycles. The Morgan fingerprint density at radius 3 is 1.60 bits per heavy atom. The number of rotatable bonds is 8. The topological polar surface area (TPSA) is 3.24 Å². The Labute approximate surface area is 342 Å². The summed E-state index contributed by atoms with van der Waals surface area (Å²) in [5.41, 5.74) is 19.9. The Hall–Kier alpha value is -6.96. The molecular formula is C57H45N. The van der Waals surface area contributed by atoms with Crippen molar-refractivity contribution in [2.75, 3.05) is 4.90 Å². The molecule has 1 heteroatoms. The predicted octanol–water partition coefficient (Wildman–Crippen LogP) is 15.7. The van der Waals surface area contributed by atoms with Gasteiger partial charge < -0.3 is 4.90 Å². The van der Waals surface area contributed by atoms with E-state index in [0.29, 0.717) is 5.92 Å². The quantitative estimate of drug-likeness (QED) is 0.150. The maximum Gasteiger partial charge on any atom is 0.0462 e. The maximum absolute atomic E-state index is 2.41. The Kier molecular flexibility index (Phi) is 9.07. The van der Waals surface area contributed by atoms with Gasteiger partial charge in [0.25, 0.3) is 0 Å². The van der Waals surface area contributed by atoms with E-state index < -0.39 is 0 Å². The average molecular weight is 744 g/mol. The molecule has 0 saturated heterocycles. The highest BCUT2D eigenvalue weighted by Gasteiger charge is 2.36. The summed E-state index contributed by atoms with van der Waals surface area (Å²) >= 11 is 0. The lowest BCUT2D eigenvalue weighted by atomic mass is 9.81. The van der Waals surface area contributed by atoms with Gasteiger partial charge >= 0.3 is 0 Å². The summed E-state index contributed by atoms with van der Waals surface area (Å²) in [7, 11) is 0. The van der Waals surface area contributed by atoms with E-state index in [4.69, 9.17) is 0 Å². The van der Waals surface area contributed by atoms with E-state index in [1.807, 2.05) is 0 Å². The average Bonchev–Trinajstić information content (AvgIpc) is 3.54. The zero-order chi connectivity index (χ0) is 39.1. The molecule has 1 unspecified atom stereocenters. The fraction of sp³-hybridized carbons (Fsp3) is 0.0877. The highest BCUT2D eigenvalue weighted by Crippen LogP contribution is 2.53. The van der Waals surface area contributed by atoms with Crippen LogP contribution in [-0.2, 0) is 5.41 Å². The summed E-state index contributed by atoms with van der Waals surface area (Å²) in [5, 5.41) is 0. The van der Waals surface area contributed by atoms with E-state index in [1.165, 1.54) is 72.3 Å². The molecule has 0 fully saturated rings. The number of hydrogen-bond donors (Lipinski definition) is 0. The maximum atomic E-state index is 2.41. The van der Waals surface area contributed by atoms with Crippen LogP contribution in [0.1, 0.15) is 42.9 Å². The van der Waals surface area contributed by atoms with E-state index >= 15 is 0 Å². The number of anilines is 3. The number of hydrogen-bond acceptors (Lipinski definition) is 1. The molecule has 8 aromatic rings. The third-order valence-electron chi connectivity index (χ3n) is 12.3. The van der Waals surface area contributed by atoms with E-state index in [2.05, 4.69) is 237 Å². The lowest BCUT2D eigenvalue weighted by Gasteiger charge is -2.26. The molecule has 58 heavy (non-hydrogen) atoms. The van der Waals surface area contributed by atoms with Gasteiger partial charge in [-0.1, -0.05) is 190 Å². The van der Waals surface area contributed by atoms with Gasteiger partial charge in [0.2, 0.25) is 0 Å². The van der Waals surface area contributed by atoms with E-state index in [0.717, 1.165) is 23.5 Å². The van der Waals surface area contributed by atoms with E-state index in [1.54, 1.807) is 0 Å². The first-order chi connectivity index (χ1) is 28.5. The highest BCUT2D eigenvalue weighted by atomic mass is 15.1. The molecule has 0 radical (unpaired) electrons. The molecule has 0 amide bonds. The van der Waals surface area contributed by atoms with Crippen LogP contribution in [0, 0.1) is 0 Å². The smallest absolute Gasteiger partial charge is 0.0462 e. The van der Waals surface area contributed by atoms with Crippen LogP contribution >= 0.6 is 0 Å². The minimum absolute atomic E-state index is 0.0688. The van der Waals surface area contributed by atoms with E-state index in [9.17, 15) is 0 Å². The van der Waals surface area contributed by atoms with Gasteiger partial charge in [-0.15, -0.1) is 0 Å². The molecule has 0 aliphatic heterocycles. The van der Waals surface area contributed by atoms with Crippen LogP contribution in [0.2, 0.25) is 0 Å². The Balaban J connectivity index is 1.06. The minimum Gasteiger partial charge on any atom is -0.311 e. The molecule has 2 aliphatic rings. The van der Waals surface area contributed by atoms with E-state index in [-0.39, 0.29) is 5.41 Å². The van der Waals surface area contributed by atoms with Gasteiger partial charge in [-0.25, -0.2) is 0 Å². The van der Waals surface area contributed by atoms with Crippen LogP contribution in [0.25, 0.3) is 55.6 Å². The van der Waals surface area contributed by atoms with Crippen molar-refractivity contribution < 1.29 is 0 Å². The fourth-order valence-corrected chi connectivity index (χ4v) is 9.18. The normalized spacial score (nSPS) is 14.8. The third kappa shape index (κ3) is 6.39. The fourth-order valence-electron chi connectivity index (χ4n) is 9.18. The summed E-state index contributed by atoms with van der Waals surface area (Å²) in [6.45, 7) is 4.72. The summed E-state index contributed by atoms with van der Waals surface area (Å²) in [6.07, 6.45) is 9.89. The third-order valence-corrected chi connectivity index (χ3v) is 12.3. The van der Waals surface area contributed by atoms with Crippen molar-refractivity contribution >= 4 is 17.1 Å². The molecule has 0 spiro atoms. The van der Waals surface area contributed by atoms with Gasteiger partial charge in [-0.2, -0.15) is 0 Å². The minimum atomic E-state index is -0.0688. The second-order valence-corrected chi connectivity index (χ2v) is 16.1. The molecule has 8 aromatic carbocycles. The largest absolute Gasteiger partial charge is 0.311 e. The van der Waals surface area contributed by atoms with Crippen molar-refractivity contribution in [3.63, 3.8) is 0 Å². The van der Waals surface area contributed by atoms with Crippen LogP contribution in [-0.4, -0.2) is 0 Å². The molecule has 10 rings (SSSR count). The molecule has 278 valence electrons. The van der Waals surface area contributed by atoms with Crippen molar-refractivity contribution in [2.45, 2.75) is 31.6 Å². The second-order valence-electron chi connectivity index (χ2n) is 16.1. The lowest BCUT2D eigenvalue weighted by molar-refractivity contribution is 0.660. The lowest BCUT2D eigenvalue weighted by Crippen LogP contribution is -2.14. The molecule has 1 nitrogen and oxygen atoms in total. The number of allylic oxidation sites excluding steroid dienone is 4. The molecule has 0 saturated carbocycles. The predicted molar refractivity (Wildman–Crippen MR) is 246 cm³/mol. The zero-order valence-electron chi connectivity index (χ0n) is 33.0. The first-order valence-electron chi connectivity index (χ1n) is 20.5. The first-order valence-corrected chi connectivity index (χ1v) is 20.5. The molecule has 0 N–H and O–H groups in total. The molecule has 0 bridgehead atoms. The Morgan fingerprint density at radius 1 is 0.414 bits per heavy atom. The first kappa shape index (κ1) is 35.5. The summed E-state index contributed by atoms with van der Waals surface area (Å²) in [5.74, 6) is 0.410.